The standard InChI is InChI=1S/C20H24N6O3/c1-14(27)25-5-7-26(8-6-25)19-12-18(21-13-22-19)20-16-11-15(29-10-9-28-2)3-4-17(16)23-24-20/h3-4,11-13H,5-10H2,1-2H3,(H,23,24). The Morgan fingerprint density at radius 3 is 2.72 bits per heavy atom. The number of amides is 1. The summed E-state index contributed by atoms with van der Waals surface area (Å²) >= 11 is 0. The van der Waals surface area contributed by atoms with E-state index in [-0.39, 0.29) is 5.91 Å². The molecule has 9 heteroatoms. The number of carbonyl (C=O) groups excluding carboxylic acids is 1. The number of H-pyrrole nitrogens is 1. The van der Waals surface area contributed by atoms with E-state index < -0.39 is 0 Å². The Kier molecular flexibility index (Phi) is 5.57. The Labute approximate surface area is 168 Å². The summed E-state index contributed by atoms with van der Waals surface area (Å²) in [5.74, 6) is 1.70. The Hall–Kier alpha value is -3.20. The van der Waals surface area contributed by atoms with Crippen molar-refractivity contribution in [2.24, 2.45) is 0 Å². The lowest BCUT2D eigenvalue weighted by Crippen LogP contribution is -2.48. The van der Waals surface area contributed by atoms with Crippen LogP contribution < -0.4 is 9.64 Å². The molecule has 0 unspecified atom stereocenters. The maximum absolute atomic E-state index is 11.5. The minimum absolute atomic E-state index is 0.111. The van der Waals surface area contributed by atoms with Gasteiger partial charge in [0.25, 0.3) is 0 Å². The topological polar surface area (TPSA) is 96.5 Å². The van der Waals surface area contributed by atoms with Crippen LogP contribution >= 0.6 is 0 Å². The molecule has 0 bridgehead atoms. The zero-order chi connectivity index (χ0) is 20.2. The highest BCUT2D eigenvalue weighted by atomic mass is 16.5. The molecule has 152 valence electrons. The van der Waals surface area contributed by atoms with Crippen molar-refractivity contribution < 1.29 is 14.3 Å². The van der Waals surface area contributed by atoms with Crippen LogP contribution in [0.5, 0.6) is 5.75 Å². The molecular weight excluding hydrogens is 372 g/mol. The van der Waals surface area contributed by atoms with Crippen molar-refractivity contribution in [2.45, 2.75) is 6.92 Å². The van der Waals surface area contributed by atoms with Crippen LogP contribution in [-0.2, 0) is 9.53 Å². The monoisotopic (exact) mass is 396 g/mol. The van der Waals surface area contributed by atoms with E-state index in [4.69, 9.17) is 9.47 Å². The van der Waals surface area contributed by atoms with Crippen LogP contribution in [0.15, 0.2) is 30.6 Å². The van der Waals surface area contributed by atoms with E-state index in [0.717, 1.165) is 46.9 Å². The van der Waals surface area contributed by atoms with Gasteiger partial charge in [-0.25, -0.2) is 9.97 Å². The maximum Gasteiger partial charge on any atom is 0.219 e. The highest BCUT2D eigenvalue weighted by Crippen LogP contribution is 2.29. The summed E-state index contributed by atoms with van der Waals surface area (Å²) < 4.78 is 10.8. The summed E-state index contributed by atoms with van der Waals surface area (Å²) in [6, 6.07) is 7.74. The fourth-order valence-corrected chi connectivity index (χ4v) is 3.42. The SMILES string of the molecule is COCCOc1ccc2[nH]nc(-c3cc(N4CCN(C(C)=O)CC4)ncn3)c2c1. The van der Waals surface area contributed by atoms with Crippen LogP contribution in [0.4, 0.5) is 5.82 Å². The van der Waals surface area contributed by atoms with Gasteiger partial charge in [-0.1, -0.05) is 0 Å². The van der Waals surface area contributed by atoms with E-state index in [2.05, 4.69) is 25.1 Å². The molecule has 0 aliphatic carbocycles. The molecule has 0 radical (unpaired) electrons. The Morgan fingerprint density at radius 1 is 1.14 bits per heavy atom. The van der Waals surface area contributed by atoms with Crippen LogP contribution in [-0.4, -0.2) is 77.5 Å². The molecule has 1 aromatic carbocycles. The van der Waals surface area contributed by atoms with E-state index in [1.165, 1.54) is 0 Å². The largest absolute Gasteiger partial charge is 0.491 e. The number of rotatable bonds is 6. The van der Waals surface area contributed by atoms with Gasteiger partial charge in [0.1, 0.15) is 30.2 Å². The van der Waals surface area contributed by atoms with Crippen molar-refractivity contribution in [1.29, 1.82) is 0 Å². The molecule has 0 saturated carbocycles. The molecule has 1 aliphatic rings. The lowest BCUT2D eigenvalue weighted by atomic mass is 10.1. The Balaban J connectivity index is 1.57. The number of aromatic amines is 1. The third-order valence-corrected chi connectivity index (χ3v) is 5.03. The third kappa shape index (κ3) is 4.14. The van der Waals surface area contributed by atoms with Gasteiger partial charge in [-0.15, -0.1) is 0 Å². The van der Waals surface area contributed by atoms with E-state index in [1.54, 1.807) is 20.4 Å². The number of benzene rings is 1. The number of ether oxygens (including phenoxy) is 2. The van der Waals surface area contributed by atoms with E-state index >= 15 is 0 Å². The molecule has 1 fully saturated rings. The first-order chi connectivity index (χ1) is 14.2. The number of aromatic nitrogens is 4. The van der Waals surface area contributed by atoms with Gasteiger partial charge < -0.3 is 19.3 Å². The number of methoxy groups -OCH3 is 1. The van der Waals surface area contributed by atoms with Gasteiger partial charge in [0.05, 0.1) is 17.8 Å². The van der Waals surface area contributed by atoms with Crippen LogP contribution in [0, 0.1) is 0 Å². The number of hydrogen-bond acceptors (Lipinski definition) is 7. The molecular formula is C20H24N6O3. The number of piperazine rings is 1. The first-order valence-electron chi connectivity index (χ1n) is 9.58. The fourth-order valence-electron chi connectivity index (χ4n) is 3.42. The highest BCUT2D eigenvalue weighted by Gasteiger charge is 2.20. The predicted molar refractivity (Wildman–Crippen MR) is 109 cm³/mol. The van der Waals surface area contributed by atoms with Crippen molar-refractivity contribution in [1.82, 2.24) is 25.1 Å². The van der Waals surface area contributed by atoms with Crippen LogP contribution in [0.1, 0.15) is 6.92 Å². The summed E-state index contributed by atoms with van der Waals surface area (Å²) in [7, 11) is 1.65. The number of hydrogen-bond donors (Lipinski definition) is 1. The highest BCUT2D eigenvalue weighted by molar-refractivity contribution is 5.93. The number of nitrogens with one attached hydrogen (secondary N) is 1. The Morgan fingerprint density at radius 2 is 1.97 bits per heavy atom. The van der Waals surface area contributed by atoms with Gasteiger partial charge in [0.15, 0.2) is 0 Å². The minimum atomic E-state index is 0.111. The molecule has 0 spiro atoms. The molecule has 1 aliphatic heterocycles. The second kappa shape index (κ2) is 8.44. The Bertz CT molecular complexity index is 997. The summed E-state index contributed by atoms with van der Waals surface area (Å²) in [6.07, 6.45) is 1.56. The molecule has 9 nitrogen and oxygen atoms in total. The van der Waals surface area contributed by atoms with Crippen molar-refractivity contribution in [3.05, 3.63) is 30.6 Å². The van der Waals surface area contributed by atoms with Crippen molar-refractivity contribution in [3.8, 4) is 17.1 Å². The van der Waals surface area contributed by atoms with Gasteiger partial charge in [0, 0.05) is 51.7 Å². The molecule has 4 rings (SSSR count). The zero-order valence-electron chi connectivity index (χ0n) is 16.6. The molecule has 29 heavy (non-hydrogen) atoms. The average molecular weight is 396 g/mol. The van der Waals surface area contributed by atoms with Crippen LogP contribution in [0.25, 0.3) is 22.3 Å². The lowest BCUT2D eigenvalue weighted by molar-refractivity contribution is -0.129. The van der Waals surface area contributed by atoms with E-state index in [1.807, 2.05) is 29.2 Å². The molecule has 1 saturated heterocycles. The van der Waals surface area contributed by atoms with E-state index in [9.17, 15) is 4.79 Å². The number of nitrogens with zero attached hydrogens (tertiary/aromatic N) is 5. The van der Waals surface area contributed by atoms with Gasteiger partial charge in [-0.3, -0.25) is 9.89 Å². The van der Waals surface area contributed by atoms with Gasteiger partial charge in [-0.05, 0) is 18.2 Å². The van der Waals surface area contributed by atoms with Crippen molar-refractivity contribution >= 4 is 22.6 Å². The fraction of sp³-hybridized carbons (Fsp3) is 0.400. The second-order valence-electron chi connectivity index (χ2n) is 6.88. The van der Waals surface area contributed by atoms with Gasteiger partial charge >= 0.3 is 0 Å². The maximum atomic E-state index is 11.5. The normalized spacial score (nSPS) is 14.4. The van der Waals surface area contributed by atoms with E-state index in [0.29, 0.717) is 26.3 Å². The van der Waals surface area contributed by atoms with Gasteiger partial charge in [-0.2, -0.15) is 5.10 Å². The minimum Gasteiger partial charge on any atom is -0.491 e. The molecule has 3 aromatic rings. The predicted octanol–water partition coefficient (Wildman–Crippen LogP) is 1.71. The average Bonchev–Trinajstić information content (AvgIpc) is 3.17. The first kappa shape index (κ1) is 19.1. The summed E-state index contributed by atoms with van der Waals surface area (Å²) in [4.78, 5) is 24.4. The first-order valence-corrected chi connectivity index (χ1v) is 9.58. The molecule has 0 atom stereocenters. The number of anilines is 1. The molecule has 2 aromatic heterocycles. The smallest absolute Gasteiger partial charge is 0.219 e. The number of fused-ring (bicyclic) bond motifs is 1. The lowest BCUT2D eigenvalue weighted by Gasteiger charge is -2.34. The summed E-state index contributed by atoms with van der Waals surface area (Å²) in [6.45, 7) is 5.50. The third-order valence-electron chi connectivity index (χ3n) is 5.03. The number of carbonyl (C=O) groups is 1. The van der Waals surface area contributed by atoms with Crippen LogP contribution in [0.3, 0.4) is 0 Å². The van der Waals surface area contributed by atoms with Crippen LogP contribution in [0.2, 0.25) is 0 Å². The second-order valence-corrected chi connectivity index (χ2v) is 6.88. The summed E-state index contributed by atoms with van der Waals surface area (Å²) in [5, 5.41) is 8.44. The van der Waals surface area contributed by atoms with Gasteiger partial charge in [0.2, 0.25) is 5.91 Å². The van der Waals surface area contributed by atoms with Crippen molar-refractivity contribution in [2.75, 3.05) is 51.4 Å². The van der Waals surface area contributed by atoms with Crippen molar-refractivity contribution in [3.63, 3.8) is 0 Å². The molecule has 1 amide bonds. The zero-order valence-corrected chi connectivity index (χ0v) is 16.6. The molecule has 1 N–H and O–H groups in total. The molecule has 3 heterocycles. The quantitative estimate of drug-likeness (QED) is 0.634. The summed E-state index contributed by atoms with van der Waals surface area (Å²) in [5.41, 5.74) is 2.40.